The molecule has 0 spiro atoms. The SMILES string of the molecule is CC(NC(=O)c1cn[nH]c1-c1ccccc1)C1CC1. The lowest BCUT2D eigenvalue weighted by Gasteiger charge is -2.12. The van der Waals surface area contributed by atoms with Gasteiger partial charge in [-0.25, -0.2) is 0 Å². The lowest BCUT2D eigenvalue weighted by atomic mass is 10.1. The first kappa shape index (κ1) is 12.0. The summed E-state index contributed by atoms with van der Waals surface area (Å²) < 4.78 is 0. The molecule has 1 aromatic heterocycles. The van der Waals surface area contributed by atoms with Crippen molar-refractivity contribution < 1.29 is 4.79 Å². The van der Waals surface area contributed by atoms with Crippen LogP contribution in [0.1, 0.15) is 30.1 Å². The van der Waals surface area contributed by atoms with Crippen LogP contribution in [0.4, 0.5) is 0 Å². The Morgan fingerprint density at radius 3 is 2.79 bits per heavy atom. The van der Waals surface area contributed by atoms with E-state index in [4.69, 9.17) is 0 Å². The highest BCUT2D eigenvalue weighted by Crippen LogP contribution is 2.32. The molecule has 3 rings (SSSR count). The van der Waals surface area contributed by atoms with Gasteiger partial charge in [0.05, 0.1) is 17.5 Å². The van der Waals surface area contributed by atoms with Crippen LogP contribution in [-0.2, 0) is 0 Å². The Morgan fingerprint density at radius 1 is 1.37 bits per heavy atom. The number of H-pyrrole nitrogens is 1. The van der Waals surface area contributed by atoms with Gasteiger partial charge in [-0.1, -0.05) is 30.3 Å². The van der Waals surface area contributed by atoms with Gasteiger partial charge in [0.1, 0.15) is 0 Å². The van der Waals surface area contributed by atoms with Crippen molar-refractivity contribution in [1.82, 2.24) is 15.5 Å². The maximum Gasteiger partial charge on any atom is 0.255 e. The number of benzene rings is 1. The summed E-state index contributed by atoms with van der Waals surface area (Å²) in [4.78, 5) is 12.3. The molecule has 1 aliphatic carbocycles. The fourth-order valence-electron chi connectivity index (χ4n) is 2.28. The minimum atomic E-state index is -0.0491. The van der Waals surface area contributed by atoms with E-state index in [1.165, 1.54) is 12.8 Å². The molecule has 0 bridgehead atoms. The predicted octanol–water partition coefficient (Wildman–Crippen LogP) is 2.61. The van der Waals surface area contributed by atoms with Crippen LogP contribution < -0.4 is 5.32 Å². The van der Waals surface area contributed by atoms with Crippen molar-refractivity contribution in [3.05, 3.63) is 42.1 Å². The minimum Gasteiger partial charge on any atom is -0.349 e. The van der Waals surface area contributed by atoms with Crippen LogP contribution in [-0.4, -0.2) is 22.1 Å². The van der Waals surface area contributed by atoms with Gasteiger partial charge in [-0.2, -0.15) is 5.10 Å². The summed E-state index contributed by atoms with van der Waals surface area (Å²) in [5.41, 5.74) is 2.36. The van der Waals surface area contributed by atoms with Crippen molar-refractivity contribution in [1.29, 1.82) is 0 Å². The van der Waals surface area contributed by atoms with Gasteiger partial charge in [0, 0.05) is 11.6 Å². The summed E-state index contributed by atoms with van der Waals surface area (Å²) >= 11 is 0. The first-order valence-corrected chi connectivity index (χ1v) is 6.65. The number of carbonyl (C=O) groups is 1. The smallest absolute Gasteiger partial charge is 0.255 e. The average molecular weight is 255 g/mol. The largest absolute Gasteiger partial charge is 0.349 e. The second-order valence-electron chi connectivity index (χ2n) is 5.12. The van der Waals surface area contributed by atoms with E-state index >= 15 is 0 Å². The number of rotatable bonds is 4. The highest BCUT2D eigenvalue weighted by Gasteiger charge is 2.29. The zero-order valence-corrected chi connectivity index (χ0v) is 10.9. The zero-order chi connectivity index (χ0) is 13.2. The molecule has 0 radical (unpaired) electrons. The Balaban J connectivity index is 1.81. The van der Waals surface area contributed by atoms with E-state index < -0.39 is 0 Å². The standard InChI is InChI=1S/C15H17N3O/c1-10(11-7-8-11)17-15(19)13-9-16-18-14(13)12-5-3-2-4-6-12/h2-6,9-11H,7-8H2,1H3,(H,16,18)(H,17,19). The van der Waals surface area contributed by atoms with E-state index in [1.807, 2.05) is 30.3 Å². The van der Waals surface area contributed by atoms with Gasteiger partial charge in [-0.05, 0) is 25.7 Å². The average Bonchev–Trinajstić information content (AvgIpc) is 3.17. The summed E-state index contributed by atoms with van der Waals surface area (Å²) in [6, 6.07) is 10.0. The number of aromatic amines is 1. The zero-order valence-electron chi connectivity index (χ0n) is 10.9. The van der Waals surface area contributed by atoms with Crippen molar-refractivity contribution in [3.8, 4) is 11.3 Å². The minimum absolute atomic E-state index is 0.0491. The predicted molar refractivity (Wildman–Crippen MR) is 73.7 cm³/mol. The third-order valence-corrected chi connectivity index (χ3v) is 3.63. The van der Waals surface area contributed by atoms with Gasteiger partial charge in [0.15, 0.2) is 0 Å². The van der Waals surface area contributed by atoms with E-state index in [1.54, 1.807) is 6.20 Å². The summed E-state index contributed by atoms with van der Waals surface area (Å²) in [5.74, 6) is 0.600. The number of carbonyl (C=O) groups excluding carboxylic acids is 1. The fraction of sp³-hybridized carbons (Fsp3) is 0.333. The van der Waals surface area contributed by atoms with Gasteiger partial charge < -0.3 is 5.32 Å². The molecule has 1 fully saturated rings. The van der Waals surface area contributed by atoms with Gasteiger partial charge in [0.2, 0.25) is 0 Å². The molecule has 1 amide bonds. The topological polar surface area (TPSA) is 57.8 Å². The first-order chi connectivity index (χ1) is 9.25. The van der Waals surface area contributed by atoms with Crippen molar-refractivity contribution in [2.24, 2.45) is 5.92 Å². The van der Waals surface area contributed by atoms with E-state index in [9.17, 15) is 4.79 Å². The highest BCUT2D eigenvalue weighted by molar-refractivity contribution is 5.99. The summed E-state index contributed by atoms with van der Waals surface area (Å²) in [5, 5.41) is 9.97. The Labute approximate surface area is 112 Å². The molecule has 2 aromatic rings. The van der Waals surface area contributed by atoms with E-state index in [-0.39, 0.29) is 11.9 Å². The van der Waals surface area contributed by atoms with Crippen LogP contribution in [0.25, 0.3) is 11.3 Å². The third kappa shape index (κ3) is 2.52. The molecule has 4 nitrogen and oxygen atoms in total. The Kier molecular flexibility index (Phi) is 3.07. The maximum absolute atomic E-state index is 12.3. The second kappa shape index (κ2) is 4.88. The van der Waals surface area contributed by atoms with Gasteiger partial charge in [-0.3, -0.25) is 9.89 Å². The van der Waals surface area contributed by atoms with Crippen molar-refractivity contribution in [2.45, 2.75) is 25.8 Å². The lowest BCUT2D eigenvalue weighted by Crippen LogP contribution is -2.34. The molecule has 1 aliphatic rings. The van der Waals surface area contributed by atoms with Crippen molar-refractivity contribution in [2.75, 3.05) is 0 Å². The lowest BCUT2D eigenvalue weighted by molar-refractivity contribution is 0.0936. The summed E-state index contributed by atoms with van der Waals surface area (Å²) in [6.07, 6.45) is 4.04. The second-order valence-corrected chi connectivity index (χ2v) is 5.12. The molecule has 2 N–H and O–H groups in total. The van der Waals surface area contributed by atoms with Gasteiger partial charge in [0.25, 0.3) is 5.91 Å². The van der Waals surface area contributed by atoms with Gasteiger partial charge >= 0.3 is 0 Å². The molecule has 1 heterocycles. The number of hydrogen-bond donors (Lipinski definition) is 2. The van der Waals surface area contributed by atoms with Crippen molar-refractivity contribution >= 4 is 5.91 Å². The van der Waals surface area contributed by atoms with Gasteiger partial charge in [-0.15, -0.1) is 0 Å². The number of nitrogens with one attached hydrogen (secondary N) is 2. The molecular formula is C15H17N3O. The van der Waals surface area contributed by atoms with Crippen molar-refractivity contribution in [3.63, 3.8) is 0 Å². The molecule has 0 aliphatic heterocycles. The van der Waals surface area contributed by atoms with Crippen LogP contribution in [0.15, 0.2) is 36.5 Å². The molecule has 19 heavy (non-hydrogen) atoms. The highest BCUT2D eigenvalue weighted by atomic mass is 16.1. The Bertz CT molecular complexity index is 572. The van der Waals surface area contributed by atoms with Crippen LogP contribution in [0.5, 0.6) is 0 Å². The molecule has 1 saturated carbocycles. The molecule has 4 heteroatoms. The molecule has 1 unspecified atom stereocenters. The molecule has 98 valence electrons. The fourth-order valence-corrected chi connectivity index (χ4v) is 2.28. The molecule has 1 aromatic carbocycles. The van der Waals surface area contributed by atoms with Crippen LogP contribution in [0.3, 0.4) is 0 Å². The maximum atomic E-state index is 12.3. The third-order valence-electron chi connectivity index (χ3n) is 3.63. The normalized spacial score (nSPS) is 16.1. The number of amides is 1. The van der Waals surface area contributed by atoms with Crippen LogP contribution >= 0.6 is 0 Å². The number of hydrogen-bond acceptors (Lipinski definition) is 2. The summed E-state index contributed by atoms with van der Waals surface area (Å²) in [7, 11) is 0. The Hall–Kier alpha value is -2.10. The van der Waals surface area contributed by atoms with Crippen LogP contribution in [0.2, 0.25) is 0 Å². The monoisotopic (exact) mass is 255 g/mol. The quantitative estimate of drug-likeness (QED) is 0.882. The molecular weight excluding hydrogens is 238 g/mol. The summed E-state index contributed by atoms with van der Waals surface area (Å²) in [6.45, 7) is 2.07. The van der Waals surface area contributed by atoms with Crippen LogP contribution in [0, 0.1) is 5.92 Å². The van der Waals surface area contributed by atoms with E-state index in [0.717, 1.165) is 11.3 Å². The Morgan fingerprint density at radius 2 is 2.11 bits per heavy atom. The molecule has 0 saturated heterocycles. The number of nitrogens with zero attached hydrogens (tertiary/aromatic N) is 1. The number of aromatic nitrogens is 2. The first-order valence-electron chi connectivity index (χ1n) is 6.65. The van der Waals surface area contributed by atoms with E-state index in [0.29, 0.717) is 11.5 Å². The molecule has 1 atom stereocenters. The van der Waals surface area contributed by atoms with E-state index in [2.05, 4.69) is 22.4 Å².